The number of anilines is 1. The van der Waals surface area contributed by atoms with Gasteiger partial charge in [0.15, 0.2) is 6.10 Å². The number of hydrogen-bond donors (Lipinski definition) is 2. The number of esters is 1. The van der Waals surface area contributed by atoms with E-state index in [1.54, 1.807) is 0 Å². The van der Waals surface area contributed by atoms with E-state index in [1.165, 1.54) is 30.4 Å². The van der Waals surface area contributed by atoms with E-state index in [1.807, 2.05) is 0 Å². The predicted molar refractivity (Wildman–Crippen MR) is 99.8 cm³/mol. The van der Waals surface area contributed by atoms with Gasteiger partial charge in [-0.25, -0.2) is 9.18 Å². The number of benzene rings is 1. The molecule has 6 nitrogen and oxygen atoms in total. The molecule has 9 heteroatoms. The molecule has 2 amide bonds. The zero-order valence-electron chi connectivity index (χ0n) is 14.3. The molecule has 3 rings (SSSR count). The Morgan fingerprint density at radius 1 is 1.33 bits per heavy atom. The van der Waals surface area contributed by atoms with Crippen LogP contribution in [0.1, 0.15) is 44.5 Å². The SMILES string of the molecule is C[C@H](OC(=O)c1ccc(Cl)cc1F)C(=O)Nc1sc2c(c1C(N)=O)CCC2. The zero-order chi connectivity index (χ0) is 19.7. The Bertz CT molecular complexity index is 944. The molecule has 0 bridgehead atoms. The highest BCUT2D eigenvalue weighted by Gasteiger charge is 2.28. The molecule has 0 unspecified atom stereocenters. The van der Waals surface area contributed by atoms with Gasteiger partial charge in [-0.05, 0) is 49.9 Å². The number of carbonyl (C=O) groups excluding carboxylic acids is 3. The number of ether oxygens (including phenoxy) is 1. The van der Waals surface area contributed by atoms with Gasteiger partial charge in [0, 0.05) is 9.90 Å². The topological polar surface area (TPSA) is 98.5 Å². The second-order valence-corrected chi connectivity index (χ2v) is 7.63. The van der Waals surface area contributed by atoms with Crippen molar-refractivity contribution in [3.63, 3.8) is 0 Å². The maximum Gasteiger partial charge on any atom is 0.341 e. The molecule has 0 fully saturated rings. The fourth-order valence-electron chi connectivity index (χ4n) is 2.90. The van der Waals surface area contributed by atoms with Crippen molar-refractivity contribution in [2.24, 2.45) is 5.73 Å². The number of halogens is 2. The summed E-state index contributed by atoms with van der Waals surface area (Å²) in [6.45, 7) is 1.35. The standard InChI is InChI=1S/C18H16ClFN2O4S/c1-8(26-18(25)10-6-5-9(19)7-12(10)20)16(24)22-17-14(15(21)23)11-3-2-4-13(11)27-17/h5-8H,2-4H2,1H3,(H2,21,23)(H,22,24)/t8-/m0/s1. The molecule has 1 aliphatic rings. The summed E-state index contributed by atoms with van der Waals surface area (Å²) in [6, 6.07) is 3.51. The summed E-state index contributed by atoms with van der Waals surface area (Å²) in [6.07, 6.45) is 1.30. The van der Waals surface area contributed by atoms with Crippen LogP contribution in [-0.4, -0.2) is 23.9 Å². The van der Waals surface area contributed by atoms with E-state index in [-0.39, 0.29) is 10.6 Å². The largest absolute Gasteiger partial charge is 0.449 e. The minimum absolute atomic E-state index is 0.138. The van der Waals surface area contributed by atoms with Crippen molar-refractivity contribution in [1.82, 2.24) is 0 Å². The number of hydrogen-bond acceptors (Lipinski definition) is 5. The lowest BCUT2D eigenvalue weighted by atomic mass is 10.1. The van der Waals surface area contributed by atoms with Crippen molar-refractivity contribution < 1.29 is 23.5 Å². The number of aryl methyl sites for hydroxylation is 1. The van der Waals surface area contributed by atoms with Gasteiger partial charge in [-0.2, -0.15) is 0 Å². The fourth-order valence-corrected chi connectivity index (χ4v) is 4.36. The molecular weight excluding hydrogens is 395 g/mol. The number of nitrogens with two attached hydrogens (primary N) is 1. The molecule has 1 atom stereocenters. The molecular formula is C18H16ClFN2O4S. The Balaban J connectivity index is 1.71. The summed E-state index contributed by atoms with van der Waals surface area (Å²) >= 11 is 6.94. The van der Waals surface area contributed by atoms with Crippen molar-refractivity contribution in [1.29, 1.82) is 0 Å². The Kier molecular flexibility index (Phi) is 5.48. The first-order valence-electron chi connectivity index (χ1n) is 8.19. The van der Waals surface area contributed by atoms with Crippen LogP contribution >= 0.6 is 22.9 Å². The van der Waals surface area contributed by atoms with Gasteiger partial charge in [0.2, 0.25) is 0 Å². The second kappa shape index (κ2) is 7.66. The van der Waals surface area contributed by atoms with Gasteiger partial charge in [0.1, 0.15) is 10.8 Å². The molecule has 2 aromatic rings. The highest BCUT2D eigenvalue weighted by molar-refractivity contribution is 7.17. The number of amides is 2. The summed E-state index contributed by atoms with van der Waals surface area (Å²) in [5, 5.41) is 3.07. The minimum atomic E-state index is -1.20. The summed E-state index contributed by atoms with van der Waals surface area (Å²) in [5.41, 5.74) is 6.30. The Labute approximate surface area is 163 Å². The van der Waals surface area contributed by atoms with E-state index < -0.39 is 29.7 Å². The molecule has 1 aromatic heterocycles. The first kappa shape index (κ1) is 19.3. The van der Waals surface area contributed by atoms with Gasteiger partial charge < -0.3 is 15.8 Å². The Hall–Kier alpha value is -2.45. The number of rotatable bonds is 5. The Morgan fingerprint density at radius 2 is 2.07 bits per heavy atom. The average molecular weight is 411 g/mol. The van der Waals surface area contributed by atoms with Crippen molar-refractivity contribution in [3.8, 4) is 0 Å². The number of thiophene rings is 1. The highest BCUT2D eigenvalue weighted by atomic mass is 35.5. The van der Waals surface area contributed by atoms with Crippen LogP contribution in [0.3, 0.4) is 0 Å². The summed E-state index contributed by atoms with van der Waals surface area (Å²) in [4.78, 5) is 37.2. The quantitative estimate of drug-likeness (QED) is 0.738. The minimum Gasteiger partial charge on any atom is -0.449 e. The number of carbonyl (C=O) groups is 3. The van der Waals surface area contributed by atoms with Crippen molar-refractivity contribution in [2.45, 2.75) is 32.3 Å². The molecule has 0 radical (unpaired) electrons. The van der Waals surface area contributed by atoms with Crippen LogP contribution < -0.4 is 11.1 Å². The van der Waals surface area contributed by atoms with Crippen LogP contribution in [0.2, 0.25) is 5.02 Å². The first-order valence-corrected chi connectivity index (χ1v) is 9.38. The second-order valence-electron chi connectivity index (χ2n) is 6.09. The molecule has 1 aromatic carbocycles. The van der Waals surface area contributed by atoms with Crippen LogP contribution in [0.4, 0.5) is 9.39 Å². The average Bonchev–Trinajstić information content (AvgIpc) is 3.14. The lowest BCUT2D eigenvalue weighted by Crippen LogP contribution is -2.30. The van der Waals surface area contributed by atoms with Crippen LogP contribution in [0.15, 0.2) is 18.2 Å². The lowest BCUT2D eigenvalue weighted by Gasteiger charge is -2.14. The molecule has 0 saturated heterocycles. The summed E-state index contributed by atoms with van der Waals surface area (Å²) in [7, 11) is 0. The molecule has 1 heterocycles. The smallest absolute Gasteiger partial charge is 0.341 e. The number of nitrogens with one attached hydrogen (secondary N) is 1. The summed E-state index contributed by atoms with van der Waals surface area (Å²) < 4.78 is 18.8. The van der Waals surface area contributed by atoms with Gasteiger partial charge in [0.05, 0.1) is 11.1 Å². The normalized spacial score (nSPS) is 13.7. The Morgan fingerprint density at radius 3 is 2.74 bits per heavy atom. The highest BCUT2D eigenvalue weighted by Crippen LogP contribution is 2.38. The van der Waals surface area contributed by atoms with Crippen molar-refractivity contribution >= 4 is 45.7 Å². The molecule has 142 valence electrons. The fraction of sp³-hybridized carbons (Fsp3) is 0.278. The van der Waals surface area contributed by atoms with E-state index in [2.05, 4.69) is 5.32 Å². The third-order valence-electron chi connectivity index (χ3n) is 4.21. The molecule has 1 aliphatic carbocycles. The van der Waals surface area contributed by atoms with Crippen LogP contribution in [-0.2, 0) is 22.4 Å². The van der Waals surface area contributed by atoms with E-state index in [9.17, 15) is 18.8 Å². The molecule has 0 aliphatic heterocycles. The van der Waals surface area contributed by atoms with Gasteiger partial charge >= 0.3 is 5.97 Å². The molecule has 3 N–H and O–H groups in total. The van der Waals surface area contributed by atoms with Crippen molar-refractivity contribution in [2.75, 3.05) is 5.32 Å². The van der Waals surface area contributed by atoms with Gasteiger partial charge in [-0.15, -0.1) is 11.3 Å². The van der Waals surface area contributed by atoms with Crippen LogP contribution in [0.25, 0.3) is 0 Å². The van der Waals surface area contributed by atoms with E-state index in [0.717, 1.165) is 35.8 Å². The number of fused-ring (bicyclic) bond motifs is 1. The maximum absolute atomic E-state index is 13.8. The van der Waals surface area contributed by atoms with E-state index in [0.29, 0.717) is 10.6 Å². The summed E-state index contributed by atoms with van der Waals surface area (Å²) in [5.74, 6) is -3.08. The first-order chi connectivity index (χ1) is 12.8. The lowest BCUT2D eigenvalue weighted by molar-refractivity contribution is -0.123. The third-order valence-corrected chi connectivity index (χ3v) is 5.65. The number of primary amides is 1. The monoisotopic (exact) mass is 410 g/mol. The van der Waals surface area contributed by atoms with Crippen LogP contribution in [0.5, 0.6) is 0 Å². The van der Waals surface area contributed by atoms with E-state index >= 15 is 0 Å². The predicted octanol–water partition coefficient (Wildman–Crippen LogP) is 3.31. The van der Waals surface area contributed by atoms with Gasteiger partial charge in [-0.3, -0.25) is 9.59 Å². The molecule has 0 saturated carbocycles. The third kappa shape index (κ3) is 3.96. The van der Waals surface area contributed by atoms with Gasteiger partial charge in [0.25, 0.3) is 11.8 Å². The maximum atomic E-state index is 13.8. The van der Waals surface area contributed by atoms with Gasteiger partial charge in [-0.1, -0.05) is 11.6 Å². The zero-order valence-corrected chi connectivity index (χ0v) is 15.9. The van der Waals surface area contributed by atoms with E-state index in [4.69, 9.17) is 22.1 Å². The molecule has 27 heavy (non-hydrogen) atoms. The van der Waals surface area contributed by atoms with Crippen molar-refractivity contribution in [3.05, 3.63) is 50.6 Å². The molecule has 0 spiro atoms. The van der Waals surface area contributed by atoms with Crippen LogP contribution in [0, 0.1) is 5.82 Å².